The average Bonchev–Trinajstić information content (AvgIpc) is 2.11. The van der Waals surface area contributed by atoms with Gasteiger partial charge in [0.25, 0.3) is 0 Å². The summed E-state index contributed by atoms with van der Waals surface area (Å²) >= 11 is 0. The predicted molar refractivity (Wildman–Crippen MR) is 59.0 cm³/mol. The third-order valence-corrected chi connectivity index (χ3v) is 2.53. The molecule has 0 aromatic carbocycles. The standard InChI is InChI=1S/C12H18O4/c1-9(13)15-8-7-12(4)10(14)5-6-11(2,3)16-12/h5-6H,7-8H2,1-4H3. The maximum atomic E-state index is 11.7. The number of hydrogen-bond donors (Lipinski definition) is 0. The fourth-order valence-electron chi connectivity index (χ4n) is 1.68. The third-order valence-electron chi connectivity index (χ3n) is 2.53. The van der Waals surface area contributed by atoms with E-state index in [0.717, 1.165) is 0 Å². The average molecular weight is 226 g/mol. The quantitative estimate of drug-likeness (QED) is 0.686. The number of carbonyl (C=O) groups excluding carboxylic acids is 2. The Bertz CT molecular complexity index is 330. The lowest BCUT2D eigenvalue weighted by molar-refractivity contribution is -0.162. The number of ketones is 1. The summed E-state index contributed by atoms with van der Waals surface area (Å²) in [7, 11) is 0. The van der Waals surface area contributed by atoms with E-state index in [2.05, 4.69) is 0 Å². The largest absolute Gasteiger partial charge is 0.466 e. The van der Waals surface area contributed by atoms with Crippen molar-refractivity contribution in [1.82, 2.24) is 0 Å². The van der Waals surface area contributed by atoms with Gasteiger partial charge in [0.05, 0.1) is 12.2 Å². The molecule has 1 unspecified atom stereocenters. The van der Waals surface area contributed by atoms with E-state index in [1.807, 2.05) is 13.8 Å². The number of rotatable bonds is 3. The molecule has 0 aliphatic carbocycles. The van der Waals surface area contributed by atoms with Gasteiger partial charge >= 0.3 is 5.97 Å². The van der Waals surface area contributed by atoms with Gasteiger partial charge in [-0.3, -0.25) is 9.59 Å². The van der Waals surface area contributed by atoms with E-state index in [-0.39, 0.29) is 18.4 Å². The minimum Gasteiger partial charge on any atom is -0.466 e. The van der Waals surface area contributed by atoms with Crippen LogP contribution in [0.15, 0.2) is 12.2 Å². The van der Waals surface area contributed by atoms with Crippen LogP contribution in [0, 0.1) is 0 Å². The molecule has 16 heavy (non-hydrogen) atoms. The molecule has 0 aromatic rings. The molecule has 0 amide bonds. The highest BCUT2D eigenvalue weighted by Gasteiger charge is 2.40. The predicted octanol–water partition coefficient (Wildman–Crippen LogP) is 1.63. The number of ether oxygens (including phenoxy) is 2. The van der Waals surface area contributed by atoms with Crippen LogP contribution in [-0.2, 0) is 19.1 Å². The highest BCUT2D eigenvalue weighted by atomic mass is 16.5. The zero-order valence-corrected chi connectivity index (χ0v) is 10.2. The van der Waals surface area contributed by atoms with Crippen LogP contribution < -0.4 is 0 Å². The first-order valence-electron chi connectivity index (χ1n) is 5.32. The number of carbonyl (C=O) groups is 2. The summed E-state index contributed by atoms with van der Waals surface area (Å²) in [6.07, 6.45) is 3.65. The van der Waals surface area contributed by atoms with Crippen molar-refractivity contribution in [2.75, 3.05) is 6.61 Å². The lowest BCUT2D eigenvalue weighted by atomic mass is 9.90. The molecular weight excluding hydrogens is 208 g/mol. The summed E-state index contributed by atoms with van der Waals surface area (Å²) in [6, 6.07) is 0. The second-order valence-electron chi connectivity index (χ2n) is 4.72. The molecular formula is C12H18O4. The zero-order chi connectivity index (χ0) is 12.4. The van der Waals surface area contributed by atoms with Gasteiger partial charge in [-0.15, -0.1) is 0 Å². The van der Waals surface area contributed by atoms with Crippen LogP contribution in [0.2, 0.25) is 0 Å². The number of hydrogen-bond acceptors (Lipinski definition) is 4. The van der Waals surface area contributed by atoms with Gasteiger partial charge < -0.3 is 9.47 Å². The summed E-state index contributed by atoms with van der Waals surface area (Å²) in [5.41, 5.74) is -1.35. The van der Waals surface area contributed by atoms with Crippen molar-refractivity contribution in [3.8, 4) is 0 Å². The summed E-state index contributed by atoms with van der Waals surface area (Å²) in [5.74, 6) is -0.430. The first-order chi connectivity index (χ1) is 7.25. The SMILES string of the molecule is CC(=O)OCCC1(C)OC(C)(C)C=CC1=O. The molecule has 0 bridgehead atoms. The third kappa shape index (κ3) is 3.17. The lowest BCUT2D eigenvalue weighted by Gasteiger charge is -2.38. The Morgan fingerprint density at radius 2 is 2.06 bits per heavy atom. The topological polar surface area (TPSA) is 52.6 Å². The first kappa shape index (κ1) is 12.9. The maximum absolute atomic E-state index is 11.7. The van der Waals surface area contributed by atoms with Crippen molar-refractivity contribution in [2.24, 2.45) is 0 Å². The second kappa shape index (κ2) is 4.37. The van der Waals surface area contributed by atoms with Crippen LogP contribution in [0.25, 0.3) is 0 Å². The first-order valence-corrected chi connectivity index (χ1v) is 5.32. The molecule has 1 aliphatic rings. The second-order valence-corrected chi connectivity index (χ2v) is 4.72. The van der Waals surface area contributed by atoms with E-state index in [1.54, 1.807) is 13.0 Å². The van der Waals surface area contributed by atoms with E-state index in [9.17, 15) is 9.59 Å². The molecule has 1 heterocycles. The molecule has 0 spiro atoms. The Labute approximate surface area is 95.6 Å². The summed E-state index contributed by atoms with van der Waals surface area (Å²) in [4.78, 5) is 22.4. The van der Waals surface area contributed by atoms with Crippen molar-refractivity contribution >= 4 is 11.8 Å². The molecule has 4 heteroatoms. The van der Waals surface area contributed by atoms with Crippen LogP contribution in [0.3, 0.4) is 0 Å². The van der Waals surface area contributed by atoms with Crippen LogP contribution in [-0.4, -0.2) is 29.6 Å². The summed E-state index contributed by atoms with van der Waals surface area (Å²) in [5, 5.41) is 0. The molecule has 0 fully saturated rings. The molecule has 1 rings (SSSR count). The van der Waals surface area contributed by atoms with Crippen LogP contribution >= 0.6 is 0 Å². The summed E-state index contributed by atoms with van der Waals surface area (Å²) in [6.45, 7) is 7.04. The van der Waals surface area contributed by atoms with Crippen molar-refractivity contribution in [3.63, 3.8) is 0 Å². The Kier molecular flexibility index (Phi) is 3.53. The van der Waals surface area contributed by atoms with Crippen molar-refractivity contribution in [1.29, 1.82) is 0 Å². The minimum absolute atomic E-state index is 0.0843. The summed E-state index contributed by atoms with van der Waals surface area (Å²) < 4.78 is 10.6. The highest BCUT2D eigenvalue weighted by Crippen LogP contribution is 2.30. The normalized spacial score (nSPS) is 27.9. The number of esters is 1. The van der Waals surface area contributed by atoms with Gasteiger partial charge in [-0.25, -0.2) is 0 Å². The molecule has 0 aromatic heterocycles. The molecule has 90 valence electrons. The van der Waals surface area contributed by atoms with Crippen LogP contribution in [0.5, 0.6) is 0 Å². The van der Waals surface area contributed by atoms with Crippen molar-refractivity contribution in [2.45, 2.75) is 45.3 Å². The fourth-order valence-corrected chi connectivity index (χ4v) is 1.68. The van der Waals surface area contributed by atoms with E-state index >= 15 is 0 Å². The van der Waals surface area contributed by atoms with Crippen LogP contribution in [0.1, 0.15) is 34.1 Å². The van der Waals surface area contributed by atoms with Crippen molar-refractivity contribution in [3.05, 3.63) is 12.2 Å². The van der Waals surface area contributed by atoms with Crippen LogP contribution in [0.4, 0.5) is 0 Å². The smallest absolute Gasteiger partial charge is 0.302 e. The monoisotopic (exact) mass is 226 g/mol. The Balaban J connectivity index is 2.65. The molecule has 0 saturated heterocycles. The van der Waals surface area contributed by atoms with E-state index in [0.29, 0.717) is 6.42 Å². The molecule has 1 aliphatic heterocycles. The zero-order valence-electron chi connectivity index (χ0n) is 10.2. The van der Waals surface area contributed by atoms with Gasteiger partial charge in [0.2, 0.25) is 0 Å². The van der Waals surface area contributed by atoms with Gasteiger partial charge in [-0.2, -0.15) is 0 Å². The Morgan fingerprint density at radius 3 is 2.62 bits per heavy atom. The molecule has 0 radical (unpaired) electrons. The molecule has 0 N–H and O–H groups in total. The molecule has 1 atom stereocenters. The molecule has 4 nitrogen and oxygen atoms in total. The maximum Gasteiger partial charge on any atom is 0.302 e. The van der Waals surface area contributed by atoms with E-state index in [1.165, 1.54) is 13.0 Å². The highest BCUT2D eigenvalue weighted by molar-refractivity contribution is 5.97. The van der Waals surface area contributed by atoms with E-state index in [4.69, 9.17) is 9.47 Å². The molecule has 0 saturated carbocycles. The fraction of sp³-hybridized carbons (Fsp3) is 0.667. The Morgan fingerprint density at radius 1 is 1.44 bits per heavy atom. The van der Waals surface area contributed by atoms with E-state index < -0.39 is 11.2 Å². The lowest BCUT2D eigenvalue weighted by Crippen LogP contribution is -2.48. The van der Waals surface area contributed by atoms with Gasteiger partial charge in [-0.05, 0) is 32.9 Å². The van der Waals surface area contributed by atoms with Gasteiger partial charge in [-0.1, -0.05) is 0 Å². The van der Waals surface area contributed by atoms with Gasteiger partial charge in [0.1, 0.15) is 5.60 Å². The van der Waals surface area contributed by atoms with Crippen molar-refractivity contribution < 1.29 is 19.1 Å². The Hall–Kier alpha value is -1.16. The minimum atomic E-state index is -0.895. The van der Waals surface area contributed by atoms with Gasteiger partial charge in [0.15, 0.2) is 5.78 Å². The van der Waals surface area contributed by atoms with Gasteiger partial charge in [0, 0.05) is 13.3 Å².